The Hall–Kier alpha value is -1.79. The Labute approximate surface area is 133 Å². The molecule has 1 aliphatic rings. The first kappa shape index (κ1) is 16.1. The number of nitrogens with zero attached hydrogens (tertiary/aromatic N) is 1. The lowest BCUT2D eigenvalue weighted by Gasteiger charge is -2.29. The first-order valence-electron chi connectivity index (χ1n) is 7.71. The van der Waals surface area contributed by atoms with Gasteiger partial charge >= 0.3 is 6.18 Å². The van der Waals surface area contributed by atoms with Crippen LogP contribution in [0.4, 0.5) is 13.2 Å². The van der Waals surface area contributed by atoms with E-state index < -0.39 is 11.7 Å². The van der Waals surface area contributed by atoms with Gasteiger partial charge in [-0.1, -0.05) is 12.1 Å². The van der Waals surface area contributed by atoms with Crippen molar-refractivity contribution in [3.63, 3.8) is 0 Å². The normalized spacial score (nSPS) is 18.6. The number of hydrogen-bond donors (Lipinski definition) is 1. The molecule has 3 nitrogen and oxygen atoms in total. The van der Waals surface area contributed by atoms with E-state index in [1.807, 2.05) is 6.07 Å². The summed E-state index contributed by atoms with van der Waals surface area (Å²) >= 11 is 0. The van der Waals surface area contributed by atoms with Crippen LogP contribution < -0.4 is 5.32 Å². The first-order valence-corrected chi connectivity index (χ1v) is 7.71. The molecule has 0 bridgehead atoms. The Bertz CT molecular complexity index is 617. The number of furan rings is 1. The van der Waals surface area contributed by atoms with E-state index in [1.165, 1.54) is 12.1 Å². The fourth-order valence-corrected chi connectivity index (χ4v) is 3.01. The zero-order chi connectivity index (χ0) is 16.3. The summed E-state index contributed by atoms with van der Waals surface area (Å²) in [5.74, 6) is 0.672. The minimum Gasteiger partial charge on any atom is -0.467 e. The molecule has 0 radical (unpaired) electrons. The third-order valence-corrected chi connectivity index (χ3v) is 4.08. The van der Waals surface area contributed by atoms with E-state index in [0.29, 0.717) is 11.3 Å². The second-order valence-electron chi connectivity index (χ2n) is 5.68. The summed E-state index contributed by atoms with van der Waals surface area (Å²) in [7, 11) is 0. The molecule has 0 spiro atoms. The van der Waals surface area contributed by atoms with Gasteiger partial charge in [-0.05, 0) is 42.8 Å². The summed E-state index contributed by atoms with van der Waals surface area (Å²) in [4.78, 5) is 2.17. The van der Waals surface area contributed by atoms with Crippen molar-refractivity contribution in [2.75, 3.05) is 26.2 Å². The van der Waals surface area contributed by atoms with Crippen LogP contribution in [-0.4, -0.2) is 31.1 Å². The molecular formula is C17H19F3N2O. The van der Waals surface area contributed by atoms with Crippen LogP contribution in [-0.2, 0) is 6.18 Å². The van der Waals surface area contributed by atoms with E-state index in [9.17, 15) is 13.2 Å². The van der Waals surface area contributed by atoms with Gasteiger partial charge in [0.1, 0.15) is 5.76 Å². The number of hydrogen-bond acceptors (Lipinski definition) is 3. The van der Waals surface area contributed by atoms with Crippen molar-refractivity contribution >= 4 is 0 Å². The molecule has 0 aliphatic carbocycles. The molecule has 1 fully saturated rings. The third-order valence-electron chi connectivity index (χ3n) is 4.08. The Morgan fingerprint density at radius 1 is 1.09 bits per heavy atom. The molecule has 1 atom stereocenters. The third kappa shape index (κ3) is 3.76. The lowest BCUT2D eigenvalue weighted by atomic mass is 10.00. The van der Waals surface area contributed by atoms with Gasteiger partial charge in [-0.2, -0.15) is 13.2 Å². The van der Waals surface area contributed by atoms with Crippen LogP contribution in [0.15, 0.2) is 47.1 Å². The maximum Gasteiger partial charge on any atom is 0.416 e. The molecular weight excluding hydrogens is 305 g/mol. The van der Waals surface area contributed by atoms with Crippen molar-refractivity contribution in [1.29, 1.82) is 0 Å². The van der Waals surface area contributed by atoms with Crippen LogP contribution >= 0.6 is 0 Å². The van der Waals surface area contributed by atoms with Crippen LogP contribution in [0.5, 0.6) is 0 Å². The van der Waals surface area contributed by atoms with Gasteiger partial charge in [0.05, 0.1) is 17.9 Å². The predicted molar refractivity (Wildman–Crippen MR) is 81.1 cm³/mol. The summed E-state index contributed by atoms with van der Waals surface area (Å²) in [5, 5.41) is 3.31. The van der Waals surface area contributed by atoms with Crippen molar-refractivity contribution < 1.29 is 17.6 Å². The van der Waals surface area contributed by atoms with Gasteiger partial charge in [0.2, 0.25) is 0 Å². The van der Waals surface area contributed by atoms with Gasteiger partial charge in [0.15, 0.2) is 0 Å². The second-order valence-corrected chi connectivity index (χ2v) is 5.68. The Morgan fingerprint density at radius 3 is 2.70 bits per heavy atom. The van der Waals surface area contributed by atoms with Crippen LogP contribution in [0, 0.1) is 0 Å². The van der Waals surface area contributed by atoms with Crippen molar-refractivity contribution in [3.8, 4) is 0 Å². The Morgan fingerprint density at radius 2 is 1.96 bits per heavy atom. The maximum absolute atomic E-state index is 13.0. The zero-order valence-electron chi connectivity index (χ0n) is 12.6. The fraction of sp³-hybridized carbons (Fsp3) is 0.412. The van der Waals surface area contributed by atoms with Crippen LogP contribution in [0.2, 0.25) is 0 Å². The number of halogens is 3. The van der Waals surface area contributed by atoms with E-state index in [-0.39, 0.29) is 6.04 Å². The van der Waals surface area contributed by atoms with Crippen molar-refractivity contribution in [2.45, 2.75) is 18.6 Å². The number of nitrogens with one attached hydrogen (secondary N) is 1. The van der Waals surface area contributed by atoms with E-state index in [4.69, 9.17) is 4.42 Å². The lowest BCUT2D eigenvalue weighted by molar-refractivity contribution is -0.137. The molecule has 1 aromatic heterocycles. The van der Waals surface area contributed by atoms with Gasteiger partial charge < -0.3 is 9.73 Å². The fourth-order valence-electron chi connectivity index (χ4n) is 3.01. The molecule has 1 N–H and O–H groups in total. The molecule has 1 aliphatic heterocycles. The van der Waals surface area contributed by atoms with Crippen molar-refractivity contribution in [3.05, 3.63) is 59.5 Å². The largest absolute Gasteiger partial charge is 0.467 e. The molecule has 3 rings (SSSR count). The van der Waals surface area contributed by atoms with Crippen LogP contribution in [0.25, 0.3) is 0 Å². The standard InChI is InChI=1S/C17H19F3N2O/c18-17(19,20)14-5-1-4-13(12-14)16(15-6-2-11-23-15)22-9-3-7-21-8-10-22/h1-2,4-6,11-12,16,21H,3,7-10H2. The first-order chi connectivity index (χ1) is 11.1. The van der Waals surface area contributed by atoms with E-state index in [2.05, 4.69) is 10.2 Å². The second kappa shape index (κ2) is 6.76. The van der Waals surface area contributed by atoms with Gasteiger partial charge in [0, 0.05) is 19.6 Å². The summed E-state index contributed by atoms with van der Waals surface area (Å²) in [5.41, 5.74) is -0.0174. The highest BCUT2D eigenvalue weighted by Crippen LogP contribution is 2.34. The van der Waals surface area contributed by atoms with E-state index in [1.54, 1.807) is 18.4 Å². The van der Waals surface area contributed by atoms with Gasteiger partial charge in [0.25, 0.3) is 0 Å². The molecule has 1 saturated heterocycles. The topological polar surface area (TPSA) is 28.4 Å². The molecule has 2 aromatic rings. The molecule has 23 heavy (non-hydrogen) atoms. The van der Waals surface area contributed by atoms with Crippen molar-refractivity contribution in [1.82, 2.24) is 10.2 Å². The average molecular weight is 324 g/mol. The highest BCUT2D eigenvalue weighted by atomic mass is 19.4. The van der Waals surface area contributed by atoms with Gasteiger partial charge in [-0.3, -0.25) is 4.90 Å². The molecule has 1 unspecified atom stereocenters. The van der Waals surface area contributed by atoms with Crippen molar-refractivity contribution in [2.24, 2.45) is 0 Å². The molecule has 1 aromatic carbocycles. The highest BCUT2D eigenvalue weighted by molar-refractivity contribution is 5.32. The Kier molecular flexibility index (Phi) is 4.73. The monoisotopic (exact) mass is 324 g/mol. The molecule has 124 valence electrons. The highest BCUT2D eigenvalue weighted by Gasteiger charge is 2.32. The van der Waals surface area contributed by atoms with E-state index >= 15 is 0 Å². The number of alkyl halides is 3. The SMILES string of the molecule is FC(F)(F)c1cccc(C(c2ccco2)N2CCCNCC2)c1. The lowest BCUT2D eigenvalue weighted by Crippen LogP contribution is -2.33. The average Bonchev–Trinajstić information content (AvgIpc) is 2.90. The van der Waals surface area contributed by atoms with Gasteiger partial charge in [-0.25, -0.2) is 0 Å². The summed E-state index contributed by atoms with van der Waals surface area (Å²) < 4.78 is 44.6. The number of benzene rings is 1. The van der Waals surface area contributed by atoms with E-state index in [0.717, 1.165) is 38.7 Å². The summed E-state index contributed by atoms with van der Waals surface area (Å²) in [6, 6.07) is 8.82. The van der Waals surface area contributed by atoms with Gasteiger partial charge in [-0.15, -0.1) is 0 Å². The quantitative estimate of drug-likeness (QED) is 0.933. The number of rotatable bonds is 3. The predicted octanol–water partition coefficient (Wildman–Crippen LogP) is 3.68. The molecule has 0 amide bonds. The molecule has 2 heterocycles. The smallest absolute Gasteiger partial charge is 0.416 e. The Balaban J connectivity index is 1.98. The van der Waals surface area contributed by atoms with Crippen LogP contribution in [0.3, 0.4) is 0 Å². The molecule has 6 heteroatoms. The minimum absolute atomic E-state index is 0.299. The molecule has 0 saturated carbocycles. The summed E-state index contributed by atoms with van der Waals surface area (Å²) in [6.07, 6.45) is -1.83. The minimum atomic E-state index is -4.34. The zero-order valence-corrected chi connectivity index (χ0v) is 12.6. The van der Waals surface area contributed by atoms with Crippen LogP contribution in [0.1, 0.15) is 29.3 Å². The maximum atomic E-state index is 13.0. The summed E-state index contributed by atoms with van der Waals surface area (Å²) in [6.45, 7) is 3.32.